The molecule has 7 rings (SSSR count). The predicted molar refractivity (Wildman–Crippen MR) is 154 cm³/mol. The fourth-order valence-electron chi connectivity index (χ4n) is 7.31. The number of hydrogen-bond donors (Lipinski definition) is 0. The lowest BCUT2D eigenvalue weighted by atomic mass is 9.80. The smallest absolute Gasteiger partial charge is 0.224 e. The minimum atomic E-state index is 0.0329. The molecule has 0 aliphatic heterocycles. The molecule has 0 radical (unpaired) electrons. The van der Waals surface area contributed by atoms with Crippen LogP contribution >= 0.6 is 0 Å². The van der Waals surface area contributed by atoms with Gasteiger partial charge in [0, 0.05) is 16.8 Å². The van der Waals surface area contributed by atoms with Gasteiger partial charge in [-0.15, -0.1) is 0 Å². The maximum atomic E-state index is 2.66. The van der Waals surface area contributed by atoms with Gasteiger partial charge in [0.1, 0.15) is 7.05 Å². The Morgan fingerprint density at radius 2 is 1.61 bits per heavy atom. The number of rotatable bonds is 1. The average Bonchev–Trinajstić information content (AvgIpc) is 3.21. The zero-order chi connectivity index (χ0) is 24.9. The molecule has 1 aliphatic carbocycles. The molecular weight excluding hydrogens is 436 g/mol. The number of aryl methyl sites for hydroxylation is 3. The zero-order valence-corrected chi connectivity index (χ0v) is 22.6. The number of para-hydroxylation sites is 1. The van der Waals surface area contributed by atoms with Gasteiger partial charge >= 0.3 is 0 Å². The second-order valence-electron chi connectivity index (χ2n) is 12.5. The normalized spacial score (nSPS) is 15.9. The highest BCUT2D eigenvalue weighted by Crippen LogP contribution is 2.48. The van der Waals surface area contributed by atoms with E-state index < -0.39 is 0 Å². The number of pyridine rings is 2. The standard InChI is InChI=1S/C34H37N2/c1-20-18-26(34(3,4)5)31-28(21(20)2)32-29-23(16-17-35(32)6)19-25(22-12-8-7-9-13-22)30-24-14-10-11-15-27(24)36(31)33(29)30/h10-11,14-19,22H,7-9,12-13H2,1-6H3/q+1. The maximum Gasteiger partial charge on any atom is 0.224 e. The van der Waals surface area contributed by atoms with Crippen LogP contribution < -0.4 is 4.57 Å². The van der Waals surface area contributed by atoms with Crippen molar-refractivity contribution in [3.63, 3.8) is 0 Å². The molecule has 1 saturated carbocycles. The number of benzene rings is 3. The fourth-order valence-corrected chi connectivity index (χ4v) is 7.31. The Bertz CT molecular complexity index is 1820. The van der Waals surface area contributed by atoms with Crippen molar-refractivity contribution in [2.75, 3.05) is 0 Å². The number of aromatic nitrogens is 2. The van der Waals surface area contributed by atoms with Crippen molar-refractivity contribution >= 4 is 49.0 Å². The van der Waals surface area contributed by atoms with Gasteiger partial charge in [-0.1, -0.05) is 64.3 Å². The van der Waals surface area contributed by atoms with Crippen molar-refractivity contribution in [1.29, 1.82) is 0 Å². The lowest BCUT2D eigenvalue weighted by molar-refractivity contribution is -0.643. The van der Waals surface area contributed by atoms with Gasteiger partial charge in [-0.25, -0.2) is 4.57 Å². The highest BCUT2D eigenvalue weighted by atomic mass is 15.0. The van der Waals surface area contributed by atoms with E-state index in [9.17, 15) is 0 Å². The summed E-state index contributed by atoms with van der Waals surface area (Å²) in [4.78, 5) is 0. The third kappa shape index (κ3) is 2.82. The van der Waals surface area contributed by atoms with Gasteiger partial charge in [0.05, 0.1) is 27.3 Å². The summed E-state index contributed by atoms with van der Waals surface area (Å²) in [7, 11) is 2.23. The Morgan fingerprint density at radius 1 is 0.861 bits per heavy atom. The first-order chi connectivity index (χ1) is 17.3. The van der Waals surface area contributed by atoms with Crippen LogP contribution in [0.1, 0.15) is 81.0 Å². The van der Waals surface area contributed by atoms with E-state index >= 15 is 0 Å². The second-order valence-corrected chi connectivity index (χ2v) is 12.5. The highest BCUT2D eigenvalue weighted by Gasteiger charge is 2.31. The van der Waals surface area contributed by atoms with E-state index in [2.05, 4.69) is 99.3 Å². The first-order valence-electron chi connectivity index (χ1n) is 13.8. The third-order valence-corrected chi connectivity index (χ3v) is 9.20. The molecule has 2 nitrogen and oxygen atoms in total. The second kappa shape index (κ2) is 7.44. The van der Waals surface area contributed by atoms with E-state index in [-0.39, 0.29) is 5.41 Å². The van der Waals surface area contributed by atoms with E-state index in [1.807, 2.05) is 0 Å². The summed E-state index contributed by atoms with van der Waals surface area (Å²) in [5, 5.41) is 7.14. The van der Waals surface area contributed by atoms with Gasteiger partial charge in [0.25, 0.3) is 0 Å². The van der Waals surface area contributed by atoms with Crippen LogP contribution in [0.2, 0.25) is 0 Å². The molecule has 0 atom stereocenters. The van der Waals surface area contributed by atoms with Gasteiger partial charge in [-0.2, -0.15) is 0 Å². The summed E-state index contributed by atoms with van der Waals surface area (Å²) in [5.74, 6) is 0.656. The Kier molecular flexibility index (Phi) is 4.57. The van der Waals surface area contributed by atoms with Crippen molar-refractivity contribution in [1.82, 2.24) is 4.40 Å². The summed E-state index contributed by atoms with van der Waals surface area (Å²) >= 11 is 0. The summed E-state index contributed by atoms with van der Waals surface area (Å²) in [5.41, 5.74) is 11.4. The van der Waals surface area contributed by atoms with Gasteiger partial charge in [0.2, 0.25) is 5.52 Å². The summed E-state index contributed by atoms with van der Waals surface area (Å²) in [6.07, 6.45) is 9.01. The molecule has 0 amide bonds. The first kappa shape index (κ1) is 22.1. The van der Waals surface area contributed by atoms with Crippen molar-refractivity contribution in [2.24, 2.45) is 7.05 Å². The molecule has 3 aromatic carbocycles. The monoisotopic (exact) mass is 473 g/mol. The number of fused-ring (bicyclic) bond motifs is 6. The van der Waals surface area contributed by atoms with E-state index in [1.165, 1.54) is 97.8 Å². The van der Waals surface area contributed by atoms with Gasteiger partial charge in [0.15, 0.2) is 6.20 Å². The molecule has 36 heavy (non-hydrogen) atoms. The third-order valence-electron chi connectivity index (χ3n) is 9.20. The van der Waals surface area contributed by atoms with Crippen LogP contribution in [0.3, 0.4) is 0 Å². The summed E-state index contributed by atoms with van der Waals surface area (Å²) in [6.45, 7) is 11.7. The molecule has 0 unspecified atom stereocenters. The van der Waals surface area contributed by atoms with Crippen LogP contribution in [0.25, 0.3) is 49.0 Å². The predicted octanol–water partition coefficient (Wildman–Crippen LogP) is 8.78. The Hall–Kier alpha value is -3.13. The molecule has 3 aromatic heterocycles. The van der Waals surface area contributed by atoms with Crippen LogP contribution in [-0.4, -0.2) is 4.40 Å². The van der Waals surface area contributed by atoms with Gasteiger partial charge in [-0.05, 0) is 77.8 Å². The minimum Gasteiger partial charge on any atom is -0.307 e. The molecule has 1 fully saturated rings. The highest BCUT2D eigenvalue weighted by molar-refractivity contribution is 6.28. The molecule has 2 heteroatoms. The zero-order valence-electron chi connectivity index (χ0n) is 22.6. The van der Waals surface area contributed by atoms with Crippen LogP contribution in [-0.2, 0) is 12.5 Å². The molecule has 182 valence electrons. The van der Waals surface area contributed by atoms with Crippen molar-refractivity contribution < 1.29 is 4.57 Å². The molecular formula is C34H37N2+. The molecule has 6 aromatic rings. The lowest BCUT2D eigenvalue weighted by Gasteiger charge is -2.26. The maximum absolute atomic E-state index is 2.66. The van der Waals surface area contributed by atoms with Crippen LogP contribution in [0.5, 0.6) is 0 Å². The summed E-state index contributed by atoms with van der Waals surface area (Å²) in [6, 6.07) is 16.6. The SMILES string of the molecule is Cc1cc(C(C)(C)C)c2c(c1C)c1c3c(cc[n+]1C)cc(C1CCCCC1)c1c4ccccc4n2c13. The number of hydrogen-bond acceptors (Lipinski definition) is 0. The molecule has 3 heterocycles. The topological polar surface area (TPSA) is 8.29 Å². The first-order valence-corrected chi connectivity index (χ1v) is 13.8. The van der Waals surface area contributed by atoms with Crippen molar-refractivity contribution in [2.45, 2.75) is 78.1 Å². The molecule has 0 saturated heterocycles. The Morgan fingerprint density at radius 3 is 2.36 bits per heavy atom. The quantitative estimate of drug-likeness (QED) is 0.128. The van der Waals surface area contributed by atoms with E-state index in [0.717, 1.165) is 0 Å². The van der Waals surface area contributed by atoms with Crippen LogP contribution in [0.4, 0.5) is 0 Å². The van der Waals surface area contributed by atoms with E-state index in [0.29, 0.717) is 5.92 Å². The largest absolute Gasteiger partial charge is 0.307 e. The molecule has 0 spiro atoms. The number of nitrogens with zero attached hydrogens (tertiary/aromatic N) is 2. The Labute approximate surface area is 213 Å². The van der Waals surface area contributed by atoms with E-state index in [4.69, 9.17) is 0 Å². The van der Waals surface area contributed by atoms with Gasteiger partial charge in [-0.3, -0.25) is 0 Å². The van der Waals surface area contributed by atoms with Crippen molar-refractivity contribution in [3.8, 4) is 0 Å². The molecule has 0 bridgehead atoms. The van der Waals surface area contributed by atoms with E-state index in [1.54, 1.807) is 5.56 Å². The molecule has 1 aliphatic rings. The van der Waals surface area contributed by atoms with Crippen molar-refractivity contribution in [3.05, 3.63) is 70.9 Å². The lowest BCUT2D eigenvalue weighted by Crippen LogP contribution is -2.29. The molecule has 0 N–H and O–H groups in total. The van der Waals surface area contributed by atoms with Crippen LogP contribution in [0.15, 0.2) is 48.7 Å². The Balaban J connectivity index is 1.87. The minimum absolute atomic E-state index is 0.0329. The van der Waals surface area contributed by atoms with Crippen LogP contribution in [0, 0.1) is 13.8 Å². The van der Waals surface area contributed by atoms with Gasteiger partial charge < -0.3 is 4.40 Å². The summed E-state index contributed by atoms with van der Waals surface area (Å²) < 4.78 is 5.04. The average molecular weight is 474 g/mol. The fraction of sp³-hybridized carbons (Fsp3) is 0.382.